The monoisotopic (exact) mass is 320 g/mol. The Morgan fingerprint density at radius 1 is 1.29 bits per heavy atom. The van der Waals surface area contributed by atoms with Crippen LogP contribution in [0.1, 0.15) is 6.42 Å². The van der Waals surface area contributed by atoms with Crippen molar-refractivity contribution in [3.63, 3.8) is 0 Å². The van der Waals surface area contributed by atoms with Crippen molar-refractivity contribution in [2.24, 2.45) is 0 Å². The van der Waals surface area contributed by atoms with Gasteiger partial charge in [0.05, 0.1) is 12.6 Å². The predicted octanol–water partition coefficient (Wildman–Crippen LogP) is 1.82. The Bertz CT molecular complexity index is 542. The SMILES string of the molecule is Cl.O=C(Nc1ccc2c(c1)OCCO2)C1CC(F)(F)CN1. The Labute approximate surface area is 126 Å². The largest absolute Gasteiger partial charge is 0.486 e. The molecular weight excluding hydrogens is 306 g/mol. The average Bonchev–Trinajstić information content (AvgIpc) is 2.79. The first kappa shape index (κ1) is 15.8. The van der Waals surface area contributed by atoms with Crippen molar-refractivity contribution in [3.8, 4) is 11.5 Å². The highest BCUT2D eigenvalue weighted by molar-refractivity contribution is 5.95. The van der Waals surface area contributed by atoms with Gasteiger partial charge in [0.1, 0.15) is 13.2 Å². The highest BCUT2D eigenvalue weighted by atomic mass is 35.5. The number of amides is 1. The maximum atomic E-state index is 13.0. The van der Waals surface area contributed by atoms with E-state index in [1.807, 2.05) is 0 Å². The summed E-state index contributed by atoms with van der Waals surface area (Å²) >= 11 is 0. The molecule has 1 aromatic carbocycles. The summed E-state index contributed by atoms with van der Waals surface area (Å²) in [5.74, 6) is -2.15. The lowest BCUT2D eigenvalue weighted by Crippen LogP contribution is -2.35. The van der Waals surface area contributed by atoms with Gasteiger partial charge in [-0.25, -0.2) is 8.78 Å². The van der Waals surface area contributed by atoms with Gasteiger partial charge in [-0.3, -0.25) is 10.1 Å². The Balaban J connectivity index is 0.00000161. The van der Waals surface area contributed by atoms with Gasteiger partial charge in [-0.1, -0.05) is 0 Å². The Morgan fingerprint density at radius 3 is 2.67 bits per heavy atom. The van der Waals surface area contributed by atoms with Crippen LogP contribution in [0.3, 0.4) is 0 Å². The first-order valence-electron chi connectivity index (χ1n) is 6.35. The number of hydrogen-bond acceptors (Lipinski definition) is 4. The van der Waals surface area contributed by atoms with E-state index < -0.39 is 30.8 Å². The van der Waals surface area contributed by atoms with Crippen molar-refractivity contribution in [1.82, 2.24) is 5.32 Å². The summed E-state index contributed by atoms with van der Waals surface area (Å²) in [6.45, 7) is 0.465. The van der Waals surface area contributed by atoms with Crippen LogP contribution in [0.25, 0.3) is 0 Å². The van der Waals surface area contributed by atoms with Crippen LogP contribution >= 0.6 is 12.4 Å². The van der Waals surface area contributed by atoms with E-state index in [2.05, 4.69) is 10.6 Å². The van der Waals surface area contributed by atoms with E-state index in [4.69, 9.17) is 9.47 Å². The number of hydrogen-bond donors (Lipinski definition) is 2. The molecule has 21 heavy (non-hydrogen) atoms. The lowest BCUT2D eigenvalue weighted by molar-refractivity contribution is -0.118. The van der Waals surface area contributed by atoms with E-state index in [-0.39, 0.29) is 12.4 Å². The quantitative estimate of drug-likeness (QED) is 0.872. The second-order valence-electron chi connectivity index (χ2n) is 4.84. The zero-order valence-corrected chi connectivity index (χ0v) is 11.8. The number of ether oxygens (including phenoxy) is 2. The van der Waals surface area contributed by atoms with Crippen molar-refractivity contribution in [2.75, 3.05) is 25.1 Å². The molecule has 0 bridgehead atoms. The van der Waals surface area contributed by atoms with Crippen molar-refractivity contribution >= 4 is 24.0 Å². The molecule has 116 valence electrons. The molecule has 2 aliphatic heterocycles. The summed E-state index contributed by atoms with van der Waals surface area (Å²) in [5.41, 5.74) is 0.497. The van der Waals surface area contributed by atoms with E-state index in [1.165, 1.54) is 0 Å². The van der Waals surface area contributed by atoms with Gasteiger partial charge < -0.3 is 14.8 Å². The molecule has 1 amide bonds. The number of halogens is 3. The van der Waals surface area contributed by atoms with Crippen LogP contribution in [0.4, 0.5) is 14.5 Å². The maximum absolute atomic E-state index is 13.0. The summed E-state index contributed by atoms with van der Waals surface area (Å²) in [7, 11) is 0. The van der Waals surface area contributed by atoms with E-state index in [0.29, 0.717) is 30.4 Å². The van der Waals surface area contributed by atoms with Crippen LogP contribution in [0.15, 0.2) is 18.2 Å². The zero-order chi connectivity index (χ0) is 14.2. The fraction of sp³-hybridized carbons (Fsp3) is 0.462. The third-order valence-electron chi connectivity index (χ3n) is 3.24. The molecule has 0 saturated carbocycles. The Morgan fingerprint density at radius 2 is 2.00 bits per heavy atom. The number of carbonyl (C=O) groups excluding carboxylic acids is 1. The summed E-state index contributed by atoms with van der Waals surface area (Å²) in [6.07, 6.45) is -0.483. The second kappa shape index (κ2) is 6.03. The fourth-order valence-electron chi connectivity index (χ4n) is 2.25. The summed E-state index contributed by atoms with van der Waals surface area (Å²) < 4.78 is 36.8. The van der Waals surface area contributed by atoms with Crippen LogP contribution in [-0.4, -0.2) is 37.6 Å². The lowest BCUT2D eigenvalue weighted by Gasteiger charge is -2.19. The number of rotatable bonds is 2. The third kappa shape index (κ3) is 3.54. The van der Waals surface area contributed by atoms with Gasteiger partial charge in [0.15, 0.2) is 11.5 Å². The standard InChI is InChI=1S/C13H14F2N2O3.ClH/c14-13(15)6-9(16-7-13)12(18)17-8-1-2-10-11(5-8)20-4-3-19-10;/h1-2,5,9,16H,3-4,6-7H2,(H,17,18);1H. The van der Waals surface area contributed by atoms with Gasteiger partial charge in [-0.2, -0.15) is 0 Å². The lowest BCUT2D eigenvalue weighted by atomic mass is 10.1. The van der Waals surface area contributed by atoms with Crippen LogP contribution in [-0.2, 0) is 4.79 Å². The molecular formula is C13H15ClF2N2O3. The number of carbonyl (C=O) groups is 1. The molecule has 3 rings (SSSR count). The molecule has 2 heterocycles. The Hall–Kier alpha value is -1.60. The maximum Gasteiger partial charge on any atom is 0.262 e. The topological polar surface area (TPSA) is 59.6 Å². The van der Waals surface area contributed by atoms with Crippen molar-refractivity contribution < 1.29 is 23.0 Å². The average molecular weight is 321 g/mol. The summed E-state index contributed by atoms with van der Waals surface area (Å²) in [5, 5.41) is 5.11. The molecule has 8 heteroatoms. The van der Waals surface area contributed by atoms with Gasteiger partial charge >= 0.3 is 0 Å². The molecule has 1 fully saturated rings. The number of benzene rings is 1. The molecule has 0 spiro atoms. The Kier molecular flexibility index (Phi) is 4.53. The molecule has 5 nitrogen and oxygen atoms in total. The molecule has 1 saturated heterocycles. The third-order valence-corrected chi connectivity index (χ3v) is 3.24. The second-order valence-corrected chi connectivity index (χ2v) is 4.84. The minimum absolute atomic E-state index is 0. The number of alkyl halides is 2. The van der Waals surface area contributed by atoms with Gasteiger partial charge in [0.2, 0.25) is 5.91 Å². The van der Waals surface area contributed by atoms with Crippen LogP contribution in [0.2, 0.25) is 0 Å². The van der Waals surface area contributed by atoms with Gasteiger partial charge in [0.25, 0.3) is 5.92 Å². The molecule has 2 N–H and O–H groups in total. The van der Waals surface area contributed by atoms with Crippen LogP contribution in [0, 0.1) is 0 Å². The fourth-order valence-corrected chi connectivity index (χ4v) is 2.25. The number of nitrogens with one attached hydrogen (secondary N) is 2. The first-order valence-corrected chi connectivity index (χ1v) is 6.35. The molecule has 0 aromatic heterocycles. The highest BCUT2D eigenvalue weighted by Crippen LogP contribution is 2.33. The van der Waals surface area contributed by atoms with Gasteiger partial charge in [-0.05, 0) is 12.1 Å². The van der Waals surface area contributed by atoms with E-state index in [0.717, 1.165) is 0 Å². The van der Waals surface area contributed by atoms with E-state index >= 15 is 0 Å². The van der Waals surface area contributed by atoms with Crippen LogP contribution < -0.4 is 20.1 Å². The molecule has 0 radical (unpaired) electrons. The predicted molar refractivity (Wildman–Crippen MR) is 74.7 cm³/mol. The van der Waals surface area contributed by atoms with Gasteiger partial charge in [0, 0.05) is 18.2 Å². The van der Waals surface area contributed by atoms with Crippen molar-refractivity contribution in [2.45, 2.75) is 18.4 Å². The van der Waals surface area contributed by atoms with Crippen molar-refractivity contribution in [1.29, 1.82) is 0 Å². The van der Waals surface area contributed by atoms with Crippen LogP contribution in [0.5, 0.6) is 11.5 Å². The molecule has 2 aliphatic rings. The number of fused-ring (bicyclic) bond motifs is 1. The first-order chi connectivity index (χ1) is 9.53. The smallest absolute Gasteiger partial charge is 0.262 e. The zero-order valence-electron chi connectivity index (χ0n) is 11.0. The summed E-state index contributed by atoms with van der Waals surface area (Å²) in [4.78, 5) is 11.9. The van der Waals surface area contributed by atoms with E-state index in [1.54, 1.807) is 18.2 Å². The normalized spacial score (nSPS) is 22.3. The van der Waals surface area contributed by atoms with Gasteiger partial charge in [-0.15, -0.1) is 12.4 Å². The molecule has 1 aromatic rings. The highest BCUT2D eigenvalue weighted by Gasteiger charge is 2.42. The molecule has 1 atom stereocenters. The molecule has 0 aliphatic carbocycles. The molecule has 1 unspecified atom stereocenters. The minimum atomic E-state index is -2.82. The number of anilines is 1. The summed E-state index contributed by atoms with van der Waals surface area (Å²) in [6, 6.07) is 4.08. The minimum Gasteiger partial charge on any atom is -0.486 e. The van der Waals surface area contributed by atoms with Crippen molar-refractivity contribution in [3.05, 3.63) is 18.2 Å². The van der Waals surface area contributed by atoms with E-state index in [9.17, 15) is 13.6 Å².